The van der Waals surface area contributed by atoms with E-state index in [9.17, 15) is 5.11 Å². The molecule has 4 aromatic rings. The molecule has 4 rings (SSSR count). The van der Waals surface area contributed by atoms with Crippen LogP contribution in [0.15, 0.2) is 72.8 Å². The average molecular weight is 415 g/mol. The van der Waals surface area contributed by atoms with Gasteiger partial charge in [0.1, 0.15) is 17.2 Å². The van der Waals surface area contributed by atoms with Gasteiger partial charge in [-0.15, -0.1) is 0 Å². The molecule has 0 aliphatic rings. The molecule has 6 nitrogen and oxygen atoms in total. The van der Waals surface area contributed by atoms with E-state index < -0.39 is 0 Å². The first kappa shape index (κ1) is 21.8. The van der Waals surface area contributed by atoms with Crippen molar-refractivity contribution in [1.82, 2.24) is 15.0 Å². The van der Waals surface area contributed by atoms with Crippen molar-refractivity contribution in [2.24, 2.45) is 0 Å². The molecule has 0 atom stereocenters. The van der Waals surface area contributed by atoms with Crippen LogP contribution in [0.5, 0.6) is 17.2 Å². The fourth-order valence-electron chi connectivity index (χ4n) is 2.98. The highest BCUT2D eigenvalue weighted by molar-refractivity contribution is 5.71. The summed E-state index contributed by atoms with van der Waals surface area (Å²) in [6.07, 6.45) is 0. The third kappa shape index (κ3) is 4.80. The first-order valence-electron chi connectivity index (χ1n) is 10.0. The van der Waals surface area contributed by atoms with Crippen molar-refractivity contribution in [1.29, 1.82) is 0 Å². The van der Waals surface area contributed by atoms with Crippen LogP contribution in [-0.2, 0) is 0 Å². The monoisotopic (exact) mass is 415 g/mol. The third-order valence-corrected chi connectivity index (χ3v) is 4.48. The van der Waals surface area contributed by atoms with Crippen molar-refractivity contribution in [3.8, 4) is 51.4 Å². The summed E-state index contributed by atoms with van der Waals surface area (Å²) in [5, 5.41) is 10.3. The summed E-state index contributed by atoms with van der Waals surface area (Å²) in [7, 11) is 3.22. The lowest BCUT2D eigenvalue weighted by atomic mass is 10.1. The molecule has 0 aliphatic heterocycles. The number of aromatic hydroxyl groups is 1. The maximum absolute atomic E-state index is 10.3. The third-order valence-electron chi connectivity index (χ3n) is 4.48. The number of methoxy groups -OCH3 is 2. The van der Waals surface area contributed by atoms with Crippen molar-refractivity contribution in [2.75, 3.05) is 14.2 Å². The predicted molar refractivity (Wildman–Crippen MR) is 122 cm³/mol. The van der Waals surface area contributed by atoms with E-state index in [1.807, 2.05) is 68.4 Å². The van der Waals surface area contributed by atoms with Gasteiger partial charge in [0.05, 0.1) is 25.3 Å². The van der Waals surface area contributed by atoms with E-state index in [-0.39, 0.29) is 5.75 Å². The molecule has 0 unspecified atom stereocenters. The molecule has 0 saturated carbocycles. The predicted octanol–water partition coefficient (Wildman–Crippen LogP) is 5.62. The number of phenols is 1. The molecule has 3 aromatic carbocycles. The minimum Gasteiger partial charge on any atom is -0.507 e. The summed E-state index contributed by atoms with van der Waals surface area (Å²) in [5.74, 6) is 2.83. The number of hydrogen-bond donors (Lipinski definition) is 1. The quantitative estimate of drug-likeness (QED) is 0.456. The van der Waals surface area contributed by atoms with Gasteiger partial charge in [-0.2, -0.15) is 0 Å². The first-order chi connectivity index (χ1) is 15.2. The summed E-state index contributed by atoms with van der Waals surface area (Å²) in [4.78, 5) is 13.9. The van der Waals surface area contributed by atoms with Gasteiger partial charge in [0.2, 0.25) is 0 Å². The zero-order valence-electron chi connectivity index (χ0n) is 18.0. The molecular weight excluding hydrogens is 390 g/mol. The number of hydrogen-bond acceptors (Lipinski definition) is 6. The van der Waals surface area contributed by atoms with E-state index in [2.05, 4.69) is 15.0 Å². The lowest BCUT2D eigenvalue weighted by molar-refractivity contribution is 0.415. The number of nitrogens with zero attached hydrogens (tertiary/aromatic N) is 3. The van der Waals surface area contributed by atoms with Crippen LogP contribution in [0.1, 0.15) is 13.8 Å². The van der Waals surface area contributed by atoms with Gasteiger partial charge >= 0.3 is 0 Å². The molecule has 0 spiro atoms. The van der Waals surface area contributed by atoms with Crippen LogP contribution in [0.4, 0.5) is 0 Å². The van der Waals surface area contributed by atoms with Crippen molar-refractivity contribution in [3.05, 3.63) is 72.8 Å². The molecule has 6 heteroatoms. The van der Waals surface area contributed by atoms with Crippen molar-refractivity contribution in [2.45, 2.75) is 13.8 Å². The van der Waals surface area contributed by atoms with Crippen molar-refractivity contribution < 1.29 is 14.6 Å². The molecule has 0 amide bonds. The summed E-state index contributed by atoms with van der Waals surface area (Å²) >= 11 is 0. The van der Waals surface area contributed by atoms with Gasteiger partial charge < -0.3 is 14.6 Å². The summed E-state index contributed by atoms with van der Waals surface area (Å²) < 4.78 is 10.7. The van der Waals surface area contributed by atoms with E-state index in [1.54, 1.807) is 32.4 Å². The molecule has 0 radical (unpaired) electrons. The largest absolute Gasteiger partial charge is 0.507 e. The molecule has 0 fully saturated rings. The van der Waals surface area contributed by atoms with E-state index in [0.29, 0.717) is 28.8 Å². The fourth-order valence-corrected chi connectivity index (χ4v) is 2.98. The van der Waals surface area contributed by atoms with Crippen LogP contribution in [0.3, 0.4) is 0 Å². The lowest BCUT2D eigenvalue weighted by Crippen LogP contribution is -2.01. The molecule has 31 heavy (non-hydrogen) atoms. The van der Waals surface area contributed by atoms with Gasteiger partial charge in [0.15, 0.2) is 17.5 Å². The molecule has 158 valence electrons. The Kier molecular flexibility index (Phi) is 7.17. The van der Waals surface area contributed by atoms with Gasteiger partial charge in [0.25, 0.3) is 0 Å². The van der Waals surface area contributed by atoms with E-state index in [4.69, 9.17) is 9.47 Å². The highest BCUT2D eigenvalue weighted by atomic mass is 16.5. The first-order valence-corrected chi connectivity index (χ1v) is 10.0. The SMILES string of the molecule is CC.COc1ccc(-c2nc(-c3ccccc3O)nc(-c3ccccc3OC)n2)cc1. The maximum atomic E-state index is 10.3. The Morgan fingerprint density at radius 2 is 1.16 bits per heavy atom. The van der Waals surface area contributed by atoms with E-state index in [1.165, 1.54) is 0 Å². The second-order valence-electron chi connectivity index (χ2n) is 6.25. The summed E-state index contributed by atoms with van der Waals surface area (Å²) in [6, 6.07) is 22.0. The van der Waals surface area contributed by atoms with Gasteiger partial charge in [-0.3, -0.25) is 0 Å². The standard InChI is InChI=1S/C23H19N3O3.C2H6/c1-28-16-13-11-15(12-14-16)21-24-22(17-7-3-5-9-19(17)27)26-23(25-21)18-8-4-6-10-20(18)29-2;1-2/h3-14,27H,1-2H3;1-2H3. The van der Waals surface area contributed by atoms with E-state index in [0.717, 1.165) is 16.9 Å². The molecule has 1 heterocycles. The Hall–Kier alpha value is -3.93. The van der Waals surface area contributed by atoms with Gasteiger partial charge in [-0.1, -0.05) is 38.1 Å². The van der Waals surface area contributed by atoms with Crippen LogP contribution in [0.25, 0.3) is 34.2 Å². The number of aromatic nitrogens is 3. The fraction of sp³-hybridized carbons (Fsp3) is 0.160. The molecular formula is C25H25N3O3. The molecule has 0 aliphatic carbocycles. The van der Waals surface area contributed by atoms with Crippen molar-refractivity contribution in [3.63, 3.8) is 0 Å². The van der Waals surface area contributed by atoms with Crippen molar-refractivity contribution >= 4 is 0 Å². The molecule has 1 N–H and O–H groups in total. The zero-order chi connectivity index (χ0) is 22.2. The van der Waals surface area contributed by atoms with E-state index >= 15 is 0 Å². The van der Waals surface area contributed by atoms with Gasteiger partial charge in [-0.05, 0) is 48.5 Å². The zero-order valence-corrected chi connectivity index (χ0v) is 18.0. The maximum Gasteiger partial charge on any atom is 0.167 e. The topological polar surface area (TPSA) is 77.4 Å². The normalized spacial score (nSPS) is 10.1. The average Bonchev–Trinajstić information content (AvgIpc) is 2.85. The lowest BCUT2D eigenvalue weighted by Gasteiger charge is -2.11. The summed E-state index contributed by atoms with van der Waals surface area (Å²) in [5.41, 5.74) is 2.07. The second kappa shape index (κ2) is 10.2. The second-order valence-corrected chi connectivity index (χ2v) is 6.25. The Bertz CT molecular complexity index is 1140. The van der Waals surface area contributed by atoms with Gasteiger partial charge in [-0.25, -0.2) is 15.0 Å². The van der Waals surface area contributed by atoms with Crippen LogP contribution in [0, 0.1) is 0 Å². The Labute approximate surface area is 182 Å². The number of phenolic OH excluding ortho intramolecular Hbond substituents is 1. The minimum absolute atomic E-state index is 0.102. The van der Waals surface area contributed by atoms with Crippen LogP contribution < -0.4 is 9.47 Å². The number of ether oxygens (including phenoxy) is 2. The highest BCUT2D eigenvalue weighted by Crippen LogP contribution is 2.32. The summed E-state index contributed by atoms with van der Waals surface area (Å²) in [6.45, 7) is 4.00. The Morgan fingerprint density at radius 1 is 0.613 bits per heavy atom. The molecule has 1 aromatic heterocycles. The van der Waals surface area contributed by atoms with Crippen LogP contribution >= 0.6 is 0 Å². The number of rotatable bonds is 5. The van der Waals surface area contributed by atoms with Gasteiger partial charge in [0, 0.05) is 5.56 Å². The van der Waals surface area contributed by atoms with Crippen LogP contribution in [-0.4, -0.2) is 34.3 Å². The Balaban J connectivity index is 0.00000132. The highest BCUT2D eigenvalue weighted by Gasteiger charge is 2.16. The smallest absolute Gasteiger partial charge is 0.167 e. The molecule has 0 bridgehead atoms. The molecule has 0 saturated heterocycles. The minimum atomic E-state index is 0.102. The van der Waals surface area contributed by atoms with Crippen LogP contribution in [0.2, 0.25) is 0 Å². The number of benzene rings is 3. The Morgan fingerprint density at radius 3 is 1.77 bits per heavy atom. The number of para-hydroxylation sites is 2.